The highest BCUT2D eigenvalue weighted by atomic mass is 35.5. The van der Waals surface area contributed by atoms with Crippen LogP contribution in [0.5, 0.6) is 5.75 Å². The van der Waals surface area contributed by atoms with Gasteiger partial charge in [-0.15, -0.1) is 11.3 Å². The molecule has 174 valence electrons. The smallest absolute Gasteiger partial charge is 0.242 e. The summed E-state index contributed by atoms with van der Waals surface area (Å²) in [6.45, 7) is 9.74. The number of thiophene rings is 1. The first-order valence-corrected chi connectivity index (χ1v) is 12.6. The highest BCUT2D eigenvalue weighted by molar-refractivity contribution is 7.10. The van der Waals surface area contributed by atoms with Crippen molar-refractivity contribution in [2.75, 3.05) is 26.2 Å². The maximum atomic E-state index is 13.4. The summed E-state index contributed by atoms with van der Waals surface area (Å²) in [5.74, 6) is 1.10. The fourth-order valence-corrected chi connectivity index (χ4v) is 5.04. The van der Waals surface area contributed by atoms with E-state index in [-0.39, 0.29) is 24.4 Å². The first-order chi connectivity index (χ1) is 15.3. The number of carbonyl (C=O) groups excluding carboxylic acids is 2. The number of nitrogens with zero attached hydrogens (tertiary/aromatic N) is 2. The lowest BCUT2D eigenvalue weighted by Crippen LogP contribution is -2.48. The van der Waals surface area contributed by atoms with Crippen LogP contribution in [0.15, 0.2) is 29.6 Å². The average Bonchev–Trinajstić information content (AvgIpc) is 3.27. The van der Waals surface area contributed by atoms with Gasteiger partial charge in [0.1, 0.15) is 12.4 Å². The van der Waals surface area contributed by atoms with Crippen molar-refractivity contribution in [3.8, 4) is 5.75 Å². The lowest BCUT2D eigenvalue weighted by Gasteiger charge is -2.37. The molecule has 2 unspecified atom stereocenters. The van der Waals surface area contributed by atoms with Crippen LogP contribution in [0, 0.1) is 12.8 Å². The molecule has 0 aliphatic carbocycles. The van der Waals surface area contributed by atoms with Gasteiger partial charge in [-0.2, -0.15) is 0 Å². The lowest BCUT2D eigenvalue weighted by molar-refractivity contribution is -0.143. The molecule has 3 rings (SSSR count). The molecule has 2 aromatic rings. The van der Waals surface area contributed by atoms with Crippen LogP contribution in [0.3, 0.4) is 0 Å². The van der Waals surface area contributed by atoms with Gasteiger partial charge in [-0.3, -0.25) is 9.59 Å². The van der Waals surface area contributed by atoms with Crippen molar-refractivity contribution in [1.82, 2.24) is 9.80 Å². The first-order valence-electron chi connectivity index (χ1n) is 11.4. The molecule has 0 radical (unpaired) electrons. The van der Waals surface area contributed by atoms with Crippen LogP contribution in [-0.2, 0) is 16.0 Å². The van der Waals surface area contributed by atoms with Gasteiger partial charge in [-0.1, -0.05) is 38.8 Å². The second-order valence-electron chi connectivity index (χ2n) is 8.52. The van der Waals surface area contributed by atoms with E-state index < -0.39 is 0 Å². The van der Waals surface area contributed by atoms with Crippen molar-refractivity contribution in [2.24, 2.45) is 5.92 Å². The molecule has 0 spiro atoms. The predicted octanol–water partition coefficient (Wildman–Crippen LogP) is 5.50. The van der Waals surface area contributed by atoms with Crippen LogP contribution in [0.4, 0.5) is 0 Å². The standard InChI is InChI=1S/C25H33ClN2O3S/c1-5-17(3)14-27(24(29)6-2)15-25(30)28-11-9-23-20(10-12-32-23)22(28)16-31-19-7-8-21(26)18(4)13-19/h7-8,10,12-13,17,22H,5-6,9,11,14-16H2,1-4H3. The third kappa shape index (κ3) is 5.84. The zero-order valence-corrected chi connectivity index (χ0v) is 21.0. The molecule has 1 aliphatic rings. The Morgan fingerprint density at radius 2 is 2.09 bits per heavy atom. The fraction of sp³-hybridized carbons (Fsp3) is 0.520. The second-order valence-corrected chi connectivity index (χ2v) is 9.92. The van der Waals surface area contributed by atoms with E-state index in [0.717, 1.165) is 29.7 Å². The van der Waals surface area contributed by atoms with Crippen molar-refractivity contribution in [3.63, 3.8) is 0 Å². The average molecular weight is 477 g/mol. The van der Waals surface area contributed by atoms with E-state index in [0.29, 0.717) is 37.1 Å². The van der Waals surface area contributed by atoms with Gasteiger partial charge >= 0.3 is 0 Å². The number of ether oxygens (including phenoxy) is 1. The number of halogens is 1. The summed E-state index contributed by atoms with van der Waals surface area (Å²) in [4.78, 5) is 30.8. The van der Waals surface area contributed by atoms with Crippen molar-refractivity contribution in [2.45, 2.75) is 53.0 Å². The normalized spacial score (nSPS) is 16.4. The van der Waals surface area contributed by atoms with Crippen LogP contribution in [0.2, 0.25) is 5.02 Å². The topological polar surface area (TPSA) is 49.9 Å². The van der Waals surface area contributed by atoms with E-state index in [4.69, 9.17) is 16.3 Å². The van der Waals surface area contributed by atoms with E-state index in [2.05, 4.69) is 25.3 Å². The first kappa shape index (κ1) is 24.6. The number of rotatable bonds is 9. The number of hydrogen-bond acceptors (Lipinski definition) is 4. The number of hydrogen-bond donors (Lipinski definition) is 0. The molecule has 1 aromatic heterocycles. The molecule has 0 saturated carbocycles. The quantitative estimate of drug-likeness (QED) is 0.480. The summed E-state index contributed by atoms with van der Waals surface area (Å²) >= 11 is 7.87. The number of amides is 2. The zero-order chi connectivity index (χ0) is 23.3. The summed E-state index contributed by atoms with van der Waals surface area (Å²) in [6.07, 6.45) is 2.21. The molecule has 1 aliphatic heterocycles. The Bertz CT molecular complexity index is 945. The van der Waals surface area contributed by atoms with Gasteiger partial charge in [0.15, 0.2) is 0 Å². The molecule has 7 heteroatoms. The van der Waals surface area contributed by atoms with Crippen LogP contribution >= 0.6 is 22.9 Å². The molecule has 2 heterocycles. The van der Waals surface area contributed by atoms with Gasteiger partial charge in [0.2, 0.25) is 11.8 Å². The van der Waals surface area contributed by atoms with Gasteiger partial charge < -0.3 is 14.5 Å². The SMILES string of the molecule is CCC(=O)N(CC(=O)N1CCc2sccc2C1COc1ccc(Cl)c(C)c1)CC(C)CC. The molecule has 0 bridgehead atoms. The summed E-state index contributed by atoms with van der Waals surface area (Å²) in [5, 5.41) is 2.78. The van der Waals surface area contributed by atoms with E-state index in [1.165, 1.54) is 4.88 Å². The Kier molecular flexibility index (Phi) is 8.60. The Labute approximate surface area is 200 Å². The molecular weight excluding hydrogens is 444 g/mol. The van der Waals surface area contributed by atoms with Gasteiger partial charge in [0, 0.05) is 29.4 Å². The van der Waals surface area contributed by atoms with Gasteiger partial charge in [0.05, 0.1) is 12.6 Å². The van der Waals surface area contributed by atoms with Crippen molar-refractivity contribution < 1.29 is 14.3 Å². The van der Waals surface area contributed by atoms with Crippen molar-refractivity contribution in [3.05, 3.63) is 50.7 Å². The lowest BCUT2D eigenvalue weighted by atomic mass is 10.00. The third-order valence-corrected chi connectivity index (χ3v) is 7.58. The van der Waals surface area contributed by atoms with Gasteiger partial charge in [0.25, 0.3) is 0 Å². The Balaban J connectivity index is 1.77. The van der Waals surface area contributed by atoms with Crippen LogP contribution in [0.25, 0.3) is 0 Å². The molecule has 1 aromatic carbocycles. The summed E-state index contributed by atoms with van der Waals surface area (Å²) in [5.41, 5.74) is 2.10. The minimum absolute atomic E-state index is 0.0205. The zero-order valence-electron chi connectivity index (χ0n) is 19.4. The minimum atomic E-state index is -0.171. The molecule has 5 nitrogen and oxygen atoms in total. The van der Waals surface area contributed by atoms with Crippen molar-refractivity contribution in [1.29, 1.82) is 0 Å². The van der Waals surface area contributed by atoms with Gasteiger partial charge in [-0.05, 0) is 60.0 Å². The number of benzene rings is 1. The maximum Gasteiger partial charge on any atom is 0.242 e. The number of fused-ring (bicyclic) bond motifs is 1. The van der Waals surface area contributed by atoms with E-state index in [1.54, 1.807) is 16.2 Å². The molecule has 0 fully saturated rings. The Morgan fingerprint density at radius 1 is 1.31 bits per heavy atom. The fourth-order valence-electron chi connectivity index (χ4n) is 3.99. The predicted molar refractivity (Wildman–Crippen MR) is 130 cm³/mol. The molecular formula is C25H33ClN2O3S. The molecule has 2 atom stereocenters. The van der Waals surface area contributed by atoms with E-state index in [1.807, 2.05) is 36.9 Å². The van der Waals surface area contributed by atoms with E-state index in [9.17, 15) is 9.59 Å². The Morgan fingerprint density at radius 3 is 2.78 bits per heavy atom. The highest BCUT2D eigenvalue weighted by Gasteiger charge is 2.33. The maximum absolute atomic E-state index is 13.4. The third-order valence-electron chi connectivity index (χ3n) is 6.16. The second kappa shape index (κ2) is 11.2. The largest absolute Gasteiger partial charge is 0.491 e. The van der Waals surface area contributed by atoms with Crippen LogP contribution < -0.4 is 4.74 Å². The van der Waals surface area contributed by atoms with Crippen LogP contribution in [-0.4, -0.2) is 47.9 Å². The molecule has 32 heavy (non-hydrogen) atoms. The highest BCUT2D eigenvalue weighted by Crippen LogP contribution is 2.34. The molecule has 0 N–H and O–H groups in total. The summed E-state index contributed by atoms with van der Waals surface area (Å²) in [7, 11) is 0. The van der Waals surface area contributed by atoms with Crippen molar-refractivity contribution >= 4 is 34.8 Å². The Hall–Kier alpha value is -2.05. The summed E-state index contributed by atoms with van der Waals surface area (Å²) in [6, 6.07) is 7.52. The van der Waals surface area contributed by atoms with Crippen LogP contribution in [0.1, 0.15) is 55.7 Å². The minimum Gasteiger partial charge on any atom is -0.491 e. The number of aryl methyl sites for hydroxylation is 1. The van der Waals surface area contributed by atoms with E-state index >= 15 is 0 Å². The monoisotopic (exact) mass is 476 g/mol. The number of carbonyl (C=O) groups is 2. The van der Waals surface area contributed by atoms with Gasteiger partial charge in [-0.25, -0.2) is 0 Å². The molecule has 0 saturated heterocycles. The molecule has 2 amide bonds. The summed E-state index contributed by atoms with van der Waals surface area (Å²) < 4.78 is 6.12.